The zero-order chi connectivity index (χ0) is 21.3. The normalized spacial score (nSPS) is 19.4. The molecule has 4 N–H and O–H groups in total. The molecule has 29 heavy (non-hydrogen) atoms. The van der Waals surface area contributed by atoms with Gasteiger partial charge in [0.25, 0.3) is 5.91 Å². The maximum Gasteiger partial charge on any atom is 0.252 e. The van der Waals surface area contributed by atoms with Crippen molar-refractivity contribution in [3.63, 3.8) is 0 Å². The number of rotatable bonds is 7. The highest BCUT2D eigenvalue weighted by Gasteiger charge is 2.41. The zero-order valence-corrected chi connectivity index (χ0v) is 17.1. The van der Waals surface area contributed by atoms with Crippen molar-refractivity contribution in [2.75, 3.05) is 6.61 Å². The first-order valence-corrected chi connectivity index (χ1v) is 9.61. The summed E-state index contributed by atoms with van der Waals surface area (Å²) in [5, 5.41) is 14.4. The average molecular weight is 401 g/mol. The molecule has 1 fully saturated rings. The minimum absolute atomic E-state index is 0.140. The molecule has 0 aliphatic carbocycles. The summed E-state index contributed by atoms with van der Waals surface area (Å²) in [6.45, 7) is 7.18. The van der Waals surface area contributed by atoms with Crippen molar-refractivity contribution in [3.05, 3.63) is 30.0 Å². The molecular formula is C21H27N3O5. The van der Waals surface area contributed by atoms with Crippen molar-refractivity contribution in [2.45, 2.75) is 51.9 Å². The fraction of sp³-hybridized carbons (Fsp3) is 0.476. The van der Waals surface area contributed by atoms with Crippen LogP contribution in [0.2, 0.25) is 0 Å². The first-order chi connectivity index (χ1) is 13.6. The molecule has 2 heterocycles. The van der Waals surface area contributed by atoms with E-state index in [9.17, 15) is 14.7 Å². The van der Waals surface area contributed by atoms with Crippen molar-refractivity contribution >= 4 is 22.6 Å². The number of benzene rings is 1. The zero-order valence-electron chi connectivity index (χ0n) is 17.1. The molecule has 0 bridgehead atoms. The van der Waals surface area contributed by atoms with Gasteiger partial charge in [0.1, 0.15) is 12.4 Å². The molecule has 2 unspecified atom stereocenters. The van der Waals surface area contributed by atoms with Crippen LogP contribution < -0.4 is 20.5 Å². The van der Waals surface area contributed by atoms with Gasteiger partial charge in [-0.25, -0.2) is 4.98 Å². The predicted molar refractivity (Wildman–Crippen MR) is 108 cm³/mol. The van der Waals surface area contributed by atoms with Gasteiger partial charge >= 0.3 is 0 Å². The smallest absolute Gasteiger partial charge is 0.252 e. The van der Waals surface area contributed by atoms with Crippen LogP contribution in [-0.4, -0.2) is 46.3 Å². The number of nitrogens with two attached hydrogens (primary N) is 1. The highest BCUT2D eigenvalue weighted by Crippen LogP contribution is 2.32. The summed E-state index contributed by atoms with van der Waals surface area (Å²) in [6, 6.07) is 4.89. The molecule has 1 aromatic heterocycles. The van der Waals surface area contributed by atoms with E-state index in [0.29, 0.717) is 29.0 Å². The van der Waals surface area contributed by atoms with Gasteiger partial charge in [0.05, 0.1) is 29.2 Å². The second-order valence-electron chi connectivity index (χ2n) is 8.17. The van der Waals surface area contributed by atoms with E-state index in [-0.39, 0.29) is 24.7 Å². The Labute approximate surface area is 169 Å². The molecule has 156 valence electrons. The summed E-state index contributed by atoms with van der Waals surface area (Å²) in [7, 11) is 0. The molecule has 2 amide bonds. The number of amides is 2. The minimum Gasteiger partial charge on any atom is -0.490 e. The van der Waals surface area contributed by atoms with Gasteiger partial charge in [-0.3, -0.25) is 9.59 Å². The van der Waals surface area contributed by atoms with E-state index in [1.807, 2.05) is 13.8 Å². The van der Waals surface area contributed by atoms with Crippen LogP contribution in [0.25, 0.3) is 10.8 Å². The first kappa shape index (κ1) is 20.9. The Kier molecular flexibility index (Phi) is 5.66. The largest absolute Gasteiger partial charge is 0.490 e. The lowest BCUT2D eigenvalue weighted by Gasteiger charge is -2.22. The maximum absolute atomic E-state index is 12.1. The number of aromatic nitrogens is 1. The second-order valence-corrected chi connectivity index (χ2v) is 8.17. The van der Waals surface area contributed by atoms with Crippen molar-refractivity contribution in [1.82, 2.24) is 10.3 Å². The summed E-state index contributed by atoms with van der Waals surface area (Å²) in [4.78, 5) is 28.2. The van der Waals surface area contributed by atoms with E-state index in [4.69, 9.17) is 15.2 Å². The number of ether oxygens (including phenoxy) is 2. The lowest BCUT2D eigenvalue weighted by molar-refractivity contribution is -0.128. The lowest BCUT2D eigenvalue weighted by Crippen LogP contribution is -2.36. The van der Waals surface area contributed by atoms with Crippen molar-refractivity contribution in [2.24, 2.45) is 11.7 Å². The number of nitrogens with one attached hydrogen (secondary N) is 1. The SMILES string of the molecule is CC(C)Oc1cc2c(OCC3CC(C(C)(C)O)C(=O)N3)nccc2cc1C(N)=O. The lowest BCUT2D eigenvalue weighted by atomic mass is 9.88. The van der Waals surface area contributed by atoms with Gasteiger partial charge in [-0.15, -0.1) is 0 Å². The third-order valence-corrected chi connectivity index (χ3v) is 4.91. The van der Waals surface area contributed by atoms with E-state index < -0.39 is 17.4 Å². The number of pyridine rings is 1. The van der Waals surface area contributed by atoms with E-state index in [2.05, 4.69) is 10.3 Å². The van der Waals surface area contributed by atoms with Gasteiger partial charge in [0, 0.05) is 11.6 Å². The molecule has 1 aromatic carbocycles. The fourth-order valence-corrected chi connectivity index (χ4v) is 3.48. The third-order valence-electron chi connectivity index (χ3n) is 4.91. The van der Waals surface area contributed by atoms with E-state index >= 15 is 0 Å². The fourth-order valence-electron chi connectivity index (χ4n) is 3.48. The molecule has 1 aliphatic rings. The summed E-state index contributed by atoms with van der Waals surface area (Å²) in [5.74, 6) is -0.508. The minimum atomic E-state index is -1.09. The highest BCUT2D eigenvalue weighted by atomic mass is 16.5. The number of primary amides is 1. The van der Waals surface area contributed by atoms with Crippen molar-refractivity contribution in [1.29, 1.82) is 0 Å². The Morgan fingerprint density at radius 1 is 1.41 bits per heavy atom. The average Bonchev–Trinajstić information content (AvgIpc) is 3.00. The highest BCUT2D eigenvalue weighted by molar-refractivity contribution is 6.01. The molecule has 2 aromatic rings. The predicted octanol–water partition coefficient (Wildman–Crippen LogP) is 1.78. The van der Waals surface area contributed by atoms with Crippen LogP contribution in [0.1, 0.15) is 44.5 Å². The molecule has 2 atom stereocenters. The molecular weight excluding hydrogens is 374 g/mol. The van der Waals surface area contributed by atoms with E-state index in [0.717, 1.165) is 5.39 Å². The van der Waals surface area contributed by atoms with Gasteiger partial charge in [-0.2, -0.15) is 0 Å². The van der Waals surface area contributed by atoms with Crippen LogP contribution in [0.15, 0.2) is 24.4 Å². The van der Waals surface area contributed by atoms with Gasteiger partial charge in [-0.05, 0) is 57.7 Å². The molecule has 1 saturated heterocycles. The number of hydrogen-bond donors (Lipinski definition) is 3. The molecule has 1 aliphatic heterocycles. The van der Waals surface area contributed by atoms with Crippen molar-refractivity contribution in [3.8, 4) is 11.6 Å². The number of hydrogen-bond acceptors (Lipinski definition) is 6. The Balaban J connectivity index is 1.85. The van der Waals surface area contributed by atoms with Crippen LogP contribution in [0.4, 0.5) is 0 Å². The molecule has 0 spiro atoms. The molecule has 8 heteroatoms. The quantitative estimate of drug-likeness (QED) is 0.650. The number of aliphatic hydroxyl groups is 1. The van der Waals surface area contributed by atoms with E-state index in [1.165, 1.54) is 0 Å². The summed E-state index contributed by atoms with van der Waals surface area (Å²) in [5.41, 5.74) is 4.69. The molecule has 3 rings (SSSR count). The van der Waals surface area contributed by atoms with Gasteiger partial charge < -0.3 is 25.6 Å². The topological polar surface area (TPSA) is 124 Å². The molecule has 0 saturated carbocycles. The second kappa shape index (κ2) is 7.87. The van der Waals surface area contributed by atoms with E-state index in [1.54, 1.807) is 38.2 Å². The number of carbonyl (C=O) groups is 2. The monoisotopic (exact) mass is 401 g/mol. The van der Waals surface area contributed by atoms with Crippen molar-refractivity contribution < 1.29 is 24.2 Å². The van der Waals surface area contributed by atoms with Crippen LogP contribution >= 0.6 is 0 Å². The van der Waals surface area contributed by atoms with Gasteiger partial charge in [0.15, 0.2) is 0 Å². The van der Waals surface area contributed by atoms with Crippen LogP contribution in [0.5, 0.6) is 11.6 Å². The van der Waals surface area contributed by atoms with Gasteiger partial charge in [0.2, 0.25) is 11.8 Å². The van der Waals surface area contributed by atoms with Crippen LogP contribution in [0.3, 0.4) is 0 Å². The molecule has 8 nitrogen and oxygen atoms in total. The Morgan fingerprint density at radius 3 is 2.72 bits per heavy atom. The Bertz CT molecular complexity index is 936. The number of nitrogens with zero attached hydrogens (tertiary/aromatic N) is 1. The summed E-state index contributed by atoms with van der Waals surface area (Å²) in [6.07, 6.45) is 1.91. The Morgan fingerprint density at radius 2 is 2.14 bits per heavy atom. The number of carbonyl (C=O) groups excluding carboxylic acids is 2. The summed E-state index contributed by atoms with van der Waals surface area (Å²) < 4.78 is 11.6. The maximum atomic E-state index is 12.1. The number of fused-ring (bicyclic) bond motifs is 1. The van der Waals surface area contributed by atoms with Crippen LogP contribution in [-0.2, 0) is 4.79 Å². The first-order valence-electron chi connectivity index (χ1n) is 9.61. The standard InChI is InChI=1S/C21H27N3O5/c1-11(2)29-17-9-14-12(7-15(17)18(22)25)5-6-23-20(14)28-10-13-8-16(19(26)24-13)21(3,4)27/h5-7,9,11,13,16,27H,8,10H2,1-4H3,(H2,22,25)(H,24,26). The van der Waals surface area contributed by atoms with Crippen LogP contribution in [0, 0.1) is 5.92 Å². The van der Waals surface area contributed by atoms with Gasteiger partial charge in [-0.1, -0.05) is 0 Å². The Hall–Kier alpha value is -2.87. The molecule has 0 radical (unpaired) electrons. The summed E-state index contributed by atoms with van der Waals surface area (Å²) >= 11 is 0. The third kappa shape index (κ3) is 4.59.